The van der Waals surface area contributed by atoms with Crippen molar-refractivity contribution in [3.05, 3.63) is 0 Å². The van der Waals surface area contributed by atoms with Crippen LogP contribution in [0.15, 0.2) is 4.99 Å². The van der Waals surface area contributed by atoms with E-state index in [1.165, 1.54) is 58.0 Å². The first kappa shape index (κ1) is 12.9. The largest absolute Gasteiger partial charge is 0.387 e. The molecule has 1 aliphatic heterocycles. The van der Waals surface area contributed by atoms with Crippen LogP contribution in [0.2, 0.25) is 0 Å². The third-order valence-electron chi connectivity index (χ3n) is 4.33. The third kappa shape index (κ3) is 3.70. The maximum Gasteiger partial charge on any atom is 0.0969 e. The van der Waals surface area contributed by atoms with E-state index in [1.807, 2.05) is 0 Å². The summed E-state index contributed by atoms with van der Waals surface area (Å²) in [5.74, 6) is 1.51. The molecule has 0 aromatic rings. The van der Waals surface area contributed by atoms with Gasteiger partial charge in [0.05, 0.1) is 12.4 Å². The van der Waals surface area contributed by atoms with E-state index in [1.54, 1.807) is 0 Å². The zero-order valence-electron chi connectivity index (χ0n) is 11.2. The van der Waals surface area contributed by atoms with Crippen LogP contribution < -0.4 is 5.73 Å². The summed E-state index contributed by atoms with van der Waals surface area (Å²) in [5.41, 5.74) is 6.09. The van der Waals surface area contributed by atoms with Crippen molar-refractivity contribution >= 4 is 5.84 Å². The molecule has 1 unspecified atom stereocenters. The molecule has 0 aromatic heterocycles. The van der Waals surface area contributed by atoms with Crippen LogP contribution in [-0.2, 0) is 0 Å². The zero-order chi connectivity index (χ0) is 12.1. The molecule has 0 amide bonds. The Morgan fingerprint density at radius 1 is 1.18 bits per heavy atom. The first-order valence-electron chi connectivity index (χ1n) is 7.31. The summed E-state index contributed by atoms with van der Waals surface area (Å²) in [5, 5.41) is 0. The Bertz CT molecular complexity index is 250. The van der Waals surface area contributed by atoms with Crippen molar-refractivity contribution in [1.82, 2.24) is 4.90 Å². The third-order valence-corrected chi connectivity index (χ3v) is 4.33. The molecule has 1 atom stereocenters. The van der Waals surface area contributed by atoms with Gasteiger partial charge < -0.3 is 5.73 Å². The van der Waals surface area contributed by atoms with Gasteiger partial charge in [0.25, 0.3) is 0 Å². The molecule has 1 saturated heterocycles. The summed E-state index contributed by atoms with van der Waals surface area (Å²) < 4.78 is 0. The summed E-state index contributed by atoms with van der Waals surface area (Å²) in [6.45, 7) is 5.68. The predicted molar refractivity (Wildman–Crippen MR) is 73.3 cm³/mol. The lowest BCUT2D eigenvalue weighted by atomic mass is 10.1. The Kier molecular flexibility index (Phi) is 4.84. The second-order valence-corrected chi connectivity index (χ2v) is 5.69. The van der Waals surface area contributed by atoms with Crippen molar-refractivity contribution in [2.45, 2.75) is 57.9 Å². The molecule has 0 bridgehead atoms. The van der Waals surface area contributed by atoms with E-state index < -0.39 is 0 Å². The number of hydrogen-bond acceptors (Lipinski definition) is 2. The Hall–Kier alpha value is -0.570. The summed E-state index contributed by atoms with van der Waals surface area (Å²) in [7, 11) is 0. The van der Waals surface area contributed by atoms with Gasteiger partial charge in [0, 0.05) is 12.0 Å². The van der Waals surface area contributed by atoms with Gasteiger partial charge in [-0.25, -0.2) is 0 Å². The quantitative estimate of drug-likeness (QED) is 0.602. The van der Waals surface area contributed by atoms with Gasteiger partial charge in [-0.15, -0.1) is 0 Å². The fourth-order valence-electron chi connectivity index (χ4n) is 3.06. The van der Waals surface area contributed by atoms with E-state index in [2.05, 4.69) is 16.8 Å². The topological polar surface area (TPSA) is 41.6 Å². The number of nitrogens with two attached hydrogens (primary N) is 1. The Balaban J connectivity index is 1.77. The van der Waals surface area contributed by atoms with Gasteiger partial charge in [-0.05, 0) is 45.7 Å². The highest BCUT2D eigenvalue weighted by atomic mass is 15.2. The highest BCUT2D eigenvalue weighted by Crippen LogP contribution is 2.24. The van der Waals surface area contributed by atoms with Crippen molar-refractivity contribution in [2.75, 3.05) is 19.6 Å². The van der Waals surface area contributed by atoms with Gasteiger partial charge in [0.15, 0.2) is 0 Å². The van der Waals surface area contributed by atoms with Gasteiger partial charge in [-0.2, -0.15) is 0 Å². The first-order valence-corrected chi connectivity index (χ1v) is 7.31. The lowest BCUT2D eigenvalue weighted by Crippen LogP contribution is -2.39. The van der Waals surface area contributed by atoms with E-state index in [0.717, 1.165) is 12.4 Å². The lowest BCUT2D eigenvalue weighted by molar-refractivity contribution is 0.178. The number of rotatable bonds is 4. The van der Waals surface area contributed by atoms with Crippen molar-refractivity contribution in [3.63, 3.8) is 0 Å². The molecule has 3 heteroatoms. The van der Waals surface area contributed by atoms with Gasteiger partial charge >= 0.3 is 0 Å². The number of likely N-dealkylation sites (tertiary alicyclic amines) is 1. The van der Waals surface area contributed by atoms with E-state index in [4.69, 9.17) is 5.73 Å². The lowest BCUT2D eigenvalue weighted by Gasteiger charge is -2.31. The second kappa shape index (κ2) is 6.39. The maximum absolute atomic E-state index is 6.09. The molecule has 0 radical (unpaired) electrons. The minimum Gasteiger partial charge on any atom is -0.387 e. The van der Waals surface area contributed by atoms with Crippen LogP contribution in [0.1, 0.15) is 51.9 Å². The summed E-state index contributed by atoms with van der Waals surface area (Å²) >= 11 is 0. The average molecular weight is 237 g/mol. The smallest absolute Gasteiger partial charge is 0.0969 e. The maximum atomic E-state index is 6.09. The number of nitrogens with zero attached hydrogens (tertiary/aromatic N) is 2. The predicted octanol–water partition coefficient (Wildman–Crippen LogP) is 2.41. The fraction of sp³-hybridized carbons (Fsp3) is 0.929. The molecule has 3 nitrogen and oxygen atoms in total. The Morgan fingerprint density at radius 2 is 1.82 bits per heavy atom. The fourth-order valence-corrected chi connectivity index (χ4v) is 3.06. The second-order valence-electron chi connectivity index (χ2n) is 5.69. The standard InChI is InChI=1S/C14H27N3/c1-12(17-9-5-2-6-10-17)11-16-14(15)13-7-3-4-8-13/h12-13H,2-11H2,1H3,(H2,15,16). The average Bonchev–Trinajstić information content (AvgIpc) is 2.90. The number of aliphatic imine (C=N–C) groups is 1. The van der Waals surface area contributed by atoms with Crippen LogP contribution >= 0.6 is 0 Å². The van der Waals surface area contributed by atoms with Crippen molar-refractivity contribution < 1.29 is 0 Å². The molecular weight excluding hydrogens is 210 g/mol. The molecule has 0 spiro atoms. The molecule has 17 heavy (non-hydrogen) atoms. The van der Waals surface area contributed by atoms with E-state index in [9.17, 15) is 0 Å². The highest BCUT2D eigenvalue weighted by molar-refractivity contribution is 5.83. The van der Waals surface area contributed by atoms with Crippen molar-refractivity contribution in [3.8, 4) is 0 Å². The van der Waals surface area contributed by atoms with E-state index in [-0.39, 0.29) is 0 Å². The van der Waals surface area contributed by atoms with Crippen LogP contribution in [0.3, 0.4) is 0 Å². The molecule has 2 aliphatic rings. The van der Waals surface area contributed by atoms with Gasteiger partial charge in [-0.1, -0.05) is 19.3 Å². The normalized spacial score (nSPS) is 26.3. The van der Waals surface area contributed by atoms with Crippen molar-refractivity contribution in [2.24, 2.45) is 16.6 Å². The highest BCUT2D eigenvalue weighted by Gasteiger charge is 2.20. The summed E-state index contributed by atoms with van der Waals surface area (Å²) in [4.78, 5) is 7.20. The molecule has 98 valence electrons. The number of hydrogen-bond donors (Lipinski definition) is 1. The van der Waals surface area contributed by atoms with Crippen LogP contribution in [0, 0.1) is 5.92 Å². The Morgan fingerprint density at radius 3 is 2.47 bits per heavy atom. The van der Waals surface area contributed by atoms with Gasteiger partial charge in [-0.3, -0.25) is 9.89 Å². The minimum atomic E-state index is 0.565. The minimum absolute atomic E-state index is 0.565. The molecule has 2 fully saturated rings. The molecule has 1 saturated carbocycles. The van der Waals surface area contributed by atoms with E-state index >= 15 is 0 Å². The molecule has 1 heterocycles. The molecule has 1 aliphatic carbocycles. The van der Waals surface area contributed by atoms with Gasteiger partial charge in [0.1, 0.15) is 0 Å². The molecule has 2 N–H and O–H groups in total. The molecule has 2 rings (SSSR count). The monoisotopic (exact) mass is 237 g/mol. The zero-order valence-corrected chi connectivity index (χ0v) is 11.2. The van der Waals surface area contributed by atoms with Gasteiger partial charge in [0.2, 0.25) is 0 Å². The SMILES string of the molecule is CC(CN=C(N)C1CCCC1)N1CCCCC1. The molecular formula is C14H27N3. The summed E-state index contributed by atoms with van der Waals surface area (Å²) in [6.07, 6.45) is 9.29. The number of amidine groups is 1. The van der Waals surface area contributed by atoms with Crippen LogP contribution in [-0.4, -0.2) is 36.4 Å². The van der Waals surface area contributed by atoms with Crippen molar-refractivity contribution in [1.29, 1.82) is 0 Å². The van der Waals surface area contributed by atoms with E-state index in [0.29, 0.717) is 12.0 Å². The van der Waals surface area contributed by atoms with Crippen LogP contribution in [0.25, 0.3) is 0 Å². The number of piperidine rings is 1. The molecule has 0 aromatic carbocycles. The van der Waals surface area contributed by atoms with Crippen LogP contribution in [0.5, 0.6) is 0 Å². The van der Waals surface area contributed by atoms with Crippen LogP contribution in [0.4, 0.5) is 0 Å². The first-order chi connectivity index (χ1) is 8.27. The Labute approximate surface area is 105 Å². The summed E-state index contributed by atoms with van der Waals surface area (Å²) in [6, 6.07) is 0.565.